The average Bonchev–Trinajstić information content (AvgIpc) is 2.88. The molecule has 3 heteroatoms. The highest BCUT2D eigenvalue weighted by atomic mass is 16.1. The zero-order valence-electron chi connectivity index (χ0n) is 10.8. The third kappa shape index (κ3) is 1.60. The van der Waals surface area contributed by atoms with Crippen molar-refractivity contribution in [2.75, 3.05) is 0 Å². The number of hydrogen-bond acceptors (Lipinski definition) is 2. The van der Waals surface area contributed by atoms with E-state index in [-0.39, 0.29) is 5.91 Å². The lowest BCUT2D eigenvalue weighted by Gasteiger charge is -2.07. The summed E-state index contributed by atoms with van der Waals surface area (Å²) in [5, 5.41) is 3.95. The first kappa shape index (κ1) is 11.2. The Morgan fingerprint density at radius 2 is 1.90 bits per heavy atom. The molecule has 0 saturated carbocycles. The standard InChI is InChI=1S/C17H12N2O/c20-17-15-9-11(5-6-12(15)10-19-17)13-7-8-18-16-4-2-1-3-14(13)16/h1-9H,10H2,(H,19,20). The van der Waals surface area contributed by atoms with Gasteiger partial charge >= 0.3 is 0 Å². The number of fused-ring (bicyclic) bond motifs is 2. The number of rotatable bonds is 1. The van der Waals surface area contributed by atoms with Gasteiger partial charge in [0.05, 0.1) is 5.52 Å². The van der Waals surface area contributed by atoms with Crippen molar-refractivity contribution in [3.8, 4) is 11.1 Å². The Balaban J connectivity index is 1.96. The quantitative estimate of drug-likeness (QED) is 0.730. The lowest BCUT2D eigenvalue weighted by atomic mass is 9.98. The van der Waals surface area contributed by atoms with Crippen LogP contribution in [0, 0.1) is 0 Å². The van der Waals surface area contributed by atoms with Crippen molar-refractivity contribution in [1.29, 1.82) is 0 Å². The van der Waals surface area contributed by atoms with Gasteiger partial charge in [-0.1, -0.05) is 30.3 Å². The molecule has 1 aliphatic rings. The molecule has 3 aromatic rings. The Hall–Kier alpha value is -2.68. The summed E-state index contributed by atoms with van der Waals surface area (Å²) in [5.74, 6) is 0.0141. The van der Waals surface area contributed by atoms with Crippen molar-refractivity contribution in [3.63, 3.8) is 0 Å². The molecule has 3 nitrogen and oxygen atoms in total. The maximum atomic E-state index is 11.8. The first-order valence-corrected chi connectivity index (χ1v) is 6.58. The Bertz CT molecular complexity index is 834. The topological polar surface area (TPSA) is 42.0 Å². The molecular weight excluding hydrogens is 248 g/mol. The van der Waals surface area contributed by atoms with Gasteiger partial charge in [0.25, 0.3) is 5.91 Å². The highest BCUT2D eigenvalue weighted by Crippen LogP contribution is 2.29. The van der Waals surface area contributed by atoms with Gasteiger partial charge in [0, 0.05) is 23.7 Å². The van der Waals surface area contributed by atoms with Crippen LogP contribution in [0.1, 0.15) is 15.9 Å². The normalized spacial score (nSPS) is 13.3. The van der Waals surface area contributed by atoms with Crippen molar-refractivity contribution < 1.29 is 4.79 Å². The third-order valence-electron chi connectivity index (χ3n) is 3.75. The van der Waals surface area contributed by atoms with Crippen LogP contribution in [0.15, 0.2) is 54.7 Å². The van der Waals surface area contributed by atoms with Crippen LogP contribution in [0.25, 0.3) is 22.0 Å². The van der Waals surface area contributed by atoms with Crippen LogP contribution in [0.3, 0.4) is 0 Å². The van der Waals surface area contributed by atoms with Crippen LogP contribution in [0.4, 0.5) is 0 Å². The molecule has 0 saturated heterocycles. The number of nitrogens with zero attached hydrogens (tertiary/aromatic N) is 1. The van der Waals surface area contributed by atoms with Gasteiger partial charge in [-0.25, -0.2) is 0 Å². The predicted molar refractivity (Wildman–Crippen MR) is 78.3 cm³/mol. The number of benzene rings is 2. The van der Waals surface area contributed by atoms with E-state index in [0.29, 0.717) is 6.54 Å². The first-order chi connectivity index (χ1) is 9.83. The van der Waals surface area contributed by atoms with Crippen molar-refractivity contribution >= 4 is 16.8 Å². The number of carbonyl (C=O) groups is 1. The fourth-order valence-electron chi connectivity index (χ4n) is 2.73. The van der Waals surface area contributed by atoms with E-state index in [2.05, 4.69) is 22.4 Å². The van der Waals surface area contributed by atoms with Gasteiger partial charge in [0.15, 0.2) is 0 Å². The summed E-state index contributed by atoms with van der Waals surface area (Å²) in [5.41, 5.74) is 4.98. The summed E-state index contributed by atoms with van der Waals surface area (Å²) in [6.07, 6.45) is 1.81. The van der Waals surface area contributed by atoms with Crippen molar-refractivity contribution in [2.45, 2.75) is 6.54 Å². The molecule has 2 aromatic carbocycles. The fourth-order valence-corrected chi connectivity index (χ4v) is 2.73. The molecule has 0 bridgehead atoms. The number of carbonyl (C=O) groups excluding carboxylic acids is 1. The van der Waals surface area contributed by atoms with E-state index in [1.54, 1.807) is 0 Å². The Morgan fingerprint density at radius 3 is 2.85 bits per heavy atom. The number of aromatic nitrogens is 1. The minimum Gasteiger partial charge on any atom is -0.348 e. The smallest absolute Gasteiger partial charge is 0.251 e. The minimum absolute atomic E-state index is 0.0141. The monoisotopic (exact) mass is 260 g/mol. The SMILES string of the molecule is O=C1NCc2ccc(-c3ccnc4ccccc34)cc21. The van der Waals surface area contributed by atoms with E-state index >= 15 is 0 Å². The molecule has 1 N–H and O–H groups in total. The molecule has 1 amide bonds. The lowest BCUT2D eigenvalue weighted by molar-refractivity contribution is 0.0966. The average molecular weight is 260 g/mol. The van der Waals surface area contributed by atoms with Crippen LogP contribution in [0.2, 0.25) is 0 Å². The highest BCUT2D eigenvalue weighted by molar-refractivity contribution is 6.01. The summed E-state index contributed by atoms with van der Waals surface area (Å²) in [4.78, 5) is 16.2. The van der Waals surface area contributed by atoms with E-state index in [1.165, 1.54) is 0 Å². The van der Waals surface area contributed by atoms with Crippen molar-refractivity contribution in [2.24, 2.45) is 0 Å². The second-order valence-corrected chi connectivity index (χ2v) is 4.93. The van der Waals surface area contributed by atoms with Gasteiger partial charge < -0.3 is 5.32 Å². The molecule has 0 fully saturated rings. The van der Waals surface area contributed by atoms with Crippen molar-refractivity contribution in [1.82, 2.24) is 10.3 Å². The Kier molecular flexibility index (Phi) is 2.33. The molecule has 0 atom stereocenters. The largest absolute Gasteiger partial charge is 0.348 e. The van der Waals surface area contributed by atoms with Crippen LogP contribution in [0.5, 0.6) is 0 Å². The summed E-state index contributed by atoms with van der Waals surface area (Å²) < 4.78 is 0. The maximum absolute atomic E-state index is 11.8. The molecule has 1 aliphatic heterocycles. The molecule has 0 radical (unpaired) electrons. The van der Waals surface area contributed by atoms with Gasteiger partial charge in [-0.15, -0.1) is 0 Å². The second kappa shape index (κ2) is 4.17. The predicted octanol–water partition coefficient (Wildman–Crippen LogP) is 3.15. The van der Waals surface area contributed by atoms with Crippen LogP contribution >= 0.6 is 0 Å². The second-order valence-electron chi connectivity index (χ2n) is 4.93. The van der Waals surface area contributed by atoms with E-state index in [9.17, 15) is 4.79 Å². The molecule has 4 rings (SSSR count). The fraction of sp³-hybridized carbons (Fsp3) is 0.0588. The molecule has 1 aromatic heterocycles. The summed E-state index contributed by atoms with van der Waals surface area (Å²) in [6.45, 7) is 0.630. The van der Waals surface area contributed by atoms with Gasteiger partial charge in [0.2, 0.25) is 0 Å². The van der Waals surface area contributed by atoms with E-state index in [0.717, 1.165) is 33.2 Å². The first-order valence-electron chi connectivity index (χ1n) is 6.58. The van der Waals surface area contributed by atoms with Crippen LogP contribution in [-0.4, -0.2) is 10.9 Å². The molecule has 0 aliphatic carbocycles. The maximum Gasteiger partial charge on any atom is 0.251 e. The van der Waals surface area contributed by atoms with Gasteiger partial charge in [-0.3, -0.25) is 9.78 Å². The molecule has 2 heterocycles. The highest BCUT2D eigenvalue weighted by Gasteiger charge is 2.19. The zero-order valence-corrected chi connectivity index (χ0v) is 10.8. The Morgan fingerprint density at radius 1 is 1.00 bits per heavy atom. The molecule has 0 spiro atoms. The number of pyridine rings is 1. The van der Waals surface area contributed by atoms with Crippen LogP contribution in [-0.2, 0) is 6.54 Å². The zero-order chi connectivity index (χ0) is 13.5. The molecule has 96 valence electrons. The molecule has 20 heavy (non-hydrogen) atoms. The number of amides is 1. The summed E-state index contributed by atoms with van der Waals surface area (Å²) >= 11 is 0. The third-order valence-corrected chi connectivity index (χ3v) is 3.75. The van der Waals surface area contributed by atoms with Crippen molar-refractivity contribution in [3.05, 3.63) is 65.9 Å². The van der Waals surface area contributed by atoms with Gasteiger partial charge in [0.1, 0.15) is 0 Å². The van der Waals surface area contributed by atoms with E-state index < -0.39 is 0 Å². The summed E-state index contributed by atoms with van der Waals surface area (Å²) in [6, 6.07) is 16.1. The molecular formula is C17H12N2O. The number of para-hydroxylation sites is 1. The lowest BCUT2D eigenvalue weighted by Crippen LogP contribution is -2.12. The summed E-state index contributed by atoms with van der Waals surface area (Å²) in [7, 11) is 0. The van der Waals surface area contributed by atoms with E-state index in [4.69, 9.17) is 0 Å². The number of hydrogen-bond donors (Lipinski definition) is 1. The minimum atomic E-state index is 0.0141. The van der Waals surface area contributed by atoms with Crippen LogP contribution < -0.4 is 5.32 Å². The van der Waals surface area contributed by atoms with Gasteiger partial charge in [-0.05, 0) is 34.9 Å². The van der Waals surface area contributed by atoms with Gasteiger partial charge in [-0.2, -0.15) is 0 Å². The van der Waals surface area contributed by atoms with E-state index in [1.807, 2.05) is 42.6 Å². The molecule has 0 unspecified atom stereocenters. The Labute approximate surface area is 116 Å². The number of nitrogens with one attached hydrogen (secondary N) is 1.